The number of methoxy groups -OCH3 is 6. The molecule has 420 valence electrons. The van der Waals surface area contributed by atoms with Gasteiger partial charge in [-0.1, -0.05) is 47.6 Å². The zero-order chi connectivity index (χ0) is 57.1. The molecule has 1 unspecified atom stereocenters. The van der Waals surface area contributed by atoms with Crippen molar-refractivity contribution in [2.24, 2.45) is 59.8 Å². The second-order valence-corrected chi connectivity index (χ2v) is 22.9. The molecule has 1 saturated heterocycles. The lowest BCUT2D eigenvalue weighted by Crippen LogP contribution is -2.55. The SMILES string of the molecule is COC(=O)CC[C@@H]1/C2=C(\C)C3=NC([C@H](CC(=O)OC)[C@@]3(C)CCC(=O)OC)[C@@]3(C)N=C(/C(C)=C4\N/C(=C\C(=N2)C1(C)C)[C@@](C)(CCC(=O)OC)[C@]4(C)CC(=O)NCc1ccccn1)[C@@H](CCC(=O)OC)[C@]3(C)CC(=O)OC. The van der Waals surface area contributed by atoms with Gasteiger partial charge in [0.25, 0.3) is 0 Å². The molecule has 0 aliphatic carbocycles. The minimum Gasteiger partial charge on any atom is -0.469 e. The number of nitrogens with zero attached hydrogens (tertiary/aromatic N) is 4. The number of hydrogen-bond donors (Lipinski definition) is 2. The van der Waals surface area contributed by atoms with Crippen LogP contribution in [-0.2, 0) is 68.5 Å². The molecule has 5 aliphatic heterocycles. The van der Waals surface area contributed by atoms with E-state index in [0.717, 1.165) is 0 Å². The molecule has 19 heteroatoms. The van der Waals surface area contributed by atoms with Crippen molar-refractivity contribution >= 4 is 58.9 Å². The number of hydrogen-bond acceptors (Lipinski definition) is 18. The first-order valence-electron chi connectivity index (χ1n) is 26.5. The third-order valence-electron chi connectivity index (χ3n) is 18.6. The van der Waals surface area contributed by atoms with Gasteiger partial charge in [0.15, 0.2) is 0 Å². The molecule has 0 spiro atoms. The highest BCUT2D eigenvalue weighted by atomic mass is 16.5. The molecule has 6 heterocycles. The van der Waals surface area contributed by atoms with E-state index in [9.17, 15) is 33.6 Å². The molecule has 1 fully saturated rings. The van der Waals surface area contributed by atoms with E-state index in [0.29, 0.717) is 57.5 Å². The van der Waals surface area contributed by atoms with E-state index >= 15 is 0 Å². The lowest BCUT2D eigenvalue weighted by molar-refractivity contribution is -0.147. The molecule has 8 bridgehead atoms. The van der Waals surface area contributed by atoms with Gasteiger partial charge in [0.1, 0.15) is 0 Å². The largest absolute Gasteiger partial charge is 0.469 e. The Morgan fingerprint density at radius 1 is 0.662 bits per heavy atom. The lowest BCUT2D eigenvalue weighted by atomic mass is 9.55. The number of aliphatic imine (C=N–C) groups is 3. The first-order valence-corrected chi connectivity index (χ1v) is 26.5. The van der Waals surface area contributed by atoms with Gasteiger partial charge in [-0.15, -0.1) is 0 Å². The van der Waals surface area contributed by atoms with Crippen LogP contribution in [0.3, 0.4) is 0 Å². The van der Waals surface area contributed by atoms with Crippen LogP contribution in [0.2, 0.25) is 0 Å². The molecule has 1 aromatic heterocycles. The molecular formula is C58H80N6O13. The number of ether oxygens (including phenoxy) is 6. The highest BCUT2D eigenvalue weighted by Crippen LogP contribution is 2.64. The molecule has 0 saturated carbocycles. The van der Waals surface area contributed by atoms with Gasteiger partial charge in [0.2, 0.25) is 5.91 Å². The van der Waals surface area contributed by atoms with Crippen LogP contribution in [0, 0.1) is 44.8 Å². The molecule has 1 aromatic rings. The molecule has 0 aromatic carbocycles. The van der Waals surface area contributed by atoms with Crippen molar-refractivity contribution in [2.45, 2.75) is 151 Å². The van der Waals surface area contributed by atoms with Gasteiger partial charge in [-0.25, -0.2) is 0 Å². The van der Waals surface area contributed by atoms with E-state index < -0.39 is 92.2 Å². The van der Waals surface area contributed by atoms with E-state index in [1.807, 2.05) is 66.7 Å². The standard InChI is InChI=1S/C58H80N6O13/c1-33-48-36(19-21-42(66)72-10)53(3,4)39(61-48)29-40-55(6,26-24-45(69)75-13)57(8,30-41(65)60-32-35-18-16-17-27-59-35)51(62-40)34(2)49-37(20-22-43(67)73-11)56(7,31-47(71)77-15)58(9,64-49)52-38(28-46(70)76-14)54(5,50(33)63-52)25-23-44(68)74-12/h16-18,27,29,36-38,52,62H,19-26,28,30-32H2,1-15H3,(H,60,65)/b40-29-,48-33-,51-34-/t36-,37-,38+,52?,54-,55-,56+,57-,58-/m1/s1. The number of esters is 6. The number of allylic oxidation sites excluding steroid dienone is 6. The zero-order valence-electron chi connectivity index (χ0n) is 47.8. The fraction of sp³-hybridized carbons (Fsp3) is 0.638. The van der Waals surface area contributed by atoms with Crippen molar-refractivity contribution in [3.8, 4) is 0 Å². The van der Waals surface area contributed by atoms with Gasteiger partial charge in [0.05, 0.1) is 79.3 Å². The Morgan fingerprint density at radius 3 is 1.81 bits per heavy atom. The fourth-order valence-electron chi connectivity index (χ4n) is 13.3. The average molecular weight is 1070 g/mol. The van der Waals surface area contributed by atoms with Crippen molar-refractivity contribution in [3.63, 3.8) is 0 Å². The molecule has 19 nitrogen and oxygen atoms in total. The van der Waals surface area contributed by atoms with E-state index in [1.54, 1.807) is 12.3 Å². The number of carbonyl (C=O) groups excluding carboxylic acids is 7. The Balaban J connectivity index is 1.81. The van der Waals surface area contributed by atoms with E-state index in [-0.39, 0.29) is 76.7 Å². The van der Waals surface area contributed by atoms with Crippen LogP contribution >= 0.6 is 0 Å². The number of amides is 1. The molecular weight excluding hydrogens is 989 g/mol. The molecule has 9 atom stereocenters. The minimum atomic E-state index is -1.40. The second kappa shape index (κ2) is 23.2. The summed E-state index contributed by atoms with van der Waals surface area (Å²) in [6.07, 6.45) is 3.99. The number of nitrogens with one attached hydrogen (secondary N) is 2. The van der Waals surface area contributed by atoms with Crippen LogP contribution < -0.4 is 10.6 Å². The van der Waals surface area contributed by atoms with Gasteiger partial charge in [-0.3, -0.25) is 53.5 Å². The van der Waals surface area contributed by atoms with Crippen LogP contribution in [0.5, 0.6) is 0 Å². The Labute approximate surface area is 452 Å². The van der Waals surface area contributed by atoms with Crippen molar-refractivity contribution in [2.75, 3.05) is 42.7 Å². The summed E-state index contributed by atoms with van der Waals surface area (Å²) < 4.78 is 31.8. The third kappa shape index (κ3) is 11.0. The highest BCUT2D eigenvalue weighted by molar-refractivity contribution is 6.10. The number of fused-ring (bicyclic) bond motifs is 6. The van der Waals surface area contributed by atoms with Crippen LogP contribution in [0.4, 0.5) is 0 Å². The van der Waals surface area contributed by atoms with Gasteiger partial charge in [-0.2, -0.15) is 0 Å². The van der Waals surface area contributed by atoms with Gasteiger partial charge < -0.3 is 39.1 Å². The summed E-state index contributed by atoms with van der Waals surface area (Å²) in [5.41, 5.74) is -1.08. The van der Waals surface area contributed by atoms with Gasteiger partial charge >= 0.3 is 35.8 Å². The smallest absolute Gasteiger partial charge is 0.306 e. The predicted molar refractivity (Wildman–Crippen MR) is 287 cm³/mol. The van der Waals surface area contributed by atoms with Crippen molar-refractivity contribution < 1.29 is 62.0 Å². The summed E-state index contributed by atoms with van der Waals surface area (Å²) in [6, 6.07) is 4.55. The Bertz CT molecular complexity index is 2720. The number of aromatic nitrogens is 1. The lowest BCUT2D eigenvalue weighted by Gasteiger charge is -2.48. The normalized spacial score (nSPS) is 32.4. The summed E-state index contributed by atoms with van der Waals surface area (Å²) in [4.78, 5) is 117. The summed E-state index contributed by atoms with van der Waals surface area (Å²) >= 11 is 0. The van der Waals surface area contributed by atoms with Crippen molar-refractivity contribution in [3.05, 3.63) is 64.4 Å². The topological polar surface area (TPSA) is 249 Å². The first-order chi connectivity index (χ1) is 36.2. The van der Waals surface area contributed by atoms with Gasteiger partial charge in [-0.05, 0) is 75.8 Å². The number of carbonyl (C=O) groups is 7. The monoisotopic (exact) mass is 1070 g/mol. The van der Waals surface area contributed by atoms with Crippen LogP contribution in [-0.4, -0.2) is 118 Å². The average Bonchev–Trinajstić information content (AvgIpc) is 4.24. The number of rotatable bonds is 20. The molecule has 0 radical (unpaired) electrons. The Morgan fingerprint density at radius 2 is 1.23 bits per heavy atom. The van der Waals surface area contributed by atoms with Crippen LogP contribution in [0.1, 0.15) is 139 Å². The maximum atomic E-state index is 14.7. The summed E-state index contributed by atoms with van der Waals surface area (Å²) in [5, 5.41) is 6.93. The minimum absolute atomic E-state index is 0.0173. The van der Waals surface area contributed by atoms with Crippen LogP contribution in [0.25, 0.3) is 0 Å². The van der Waals surface area contributed by atoms with Crippen molar-refractivity contribution in [1.82, 2.24) is 15.6 Å². The van der Waals surface area contributed by atoms with E-state index in [4.69, 9.17) is 43.4 Å². The van der Waals surface area contributed by atoms with Crippen LogP contribution in [0.15, 0.2) is 73.7 Å². The van der Waals surface area contributed by atoms with E-state index in [2.05, 4.69) is 29.5 Å². The fourth-order valence-corrected chi connectivity index (χ4v) is 13.3. The third-order valence-corrected chi connectivity index (χ3v) is 18.6. The Hall–Kier alpha value is -6.53. The number of pyridine rings is 1. The molecule has 6 rings (SSSR count). The predicted octanol–water partition coefficient (Wildman–Crippen LogP) is 7.47. The first kappa shape index (κ1) is 59.7. The molecule has 5 aliphatic rings. The van der Waals surface area contributed by atoms with Crippen molar-refractivity contribution in [1.29, 1.82) is 0 Å². The summed E-state index contributed by atoms with van der Waals surface area (Å²) in [5.74, 6) is -5.02. The summed E-state index contributed by atoms with van der Waals surface area (Å²) in [7, 11) is 7.93. The highest BCUT2D eigenvalue weighted by Gasteiger charge is 2.67. The molecule has 2 N–H and O–H groups in total. The van der Waals surface area contributed by atoms with E-state index in [1.165, 1.54) is 42.7 Å². The molecule has 1 amide bonds. The second-order valence-electron chi connectivity index (χ2n) is 22.9. The quantitative estimate of drug-likeness (QED) is 0.0950. The Kier molecular flexibility index (Phi) is 18.0. The maximum absolute atomic E-state index is 14.7. The van der Waals surface area contributed by atoms with Gasteiger partial charge in [0, 0.05) is 117 Å². The summed E-state index contributed by atoms with van der Waals surface area (Å²) in [6.45, 7) is 18.0. The maximum Gasteiger partial charge on any atom is 0.306 e. The zero-order valence-corrected chi connectivity index (χ0v) is 47.8. The molecule has 77 heavy (non-hydrogen) atoms.